The minimum Gasteiger partial charge on any atom is -0.195 e. The van der Waals surface area contributed by atoms with E-state index >= 15 is 0 Å². The largest absolute Gasteiger partial charge is 0.317 e. The highest BCUT2D eigenvalue weighted by atomic mass is 36.0. The molecule has 118 valence electrons. The van der Waals surface area contributed by atoms with E-state index in [4.69, 9.17) is 124 Å². The molecule has 19 heavy (non-hydrogen) atoms. The van der Waals surface area contributed by atoms with Crippen molar-refractivity contribution in [1.82, 2.24) is 0 Å². The van der Waals surface area contributed by atoms with Crippen LogP contribution in [0.2, 0.25) is 0 Å². The molecule has 0 amide bonds. The molecule has 0 radical (unpaired) electrons. The molecule has 0 aliphatic rings. The smallest absolute Gasteiger partial charge is 0.195 e. The second-order valence-corrected chi connectivity index (χ2v) is 13.4. The number of rotatable bonds is 1. The van der Waals surface area contributed by atoms with Gasteiger partial charge in [0.05, 0.1) is 0 Å². The van der Waals surface area contributed by atoms with E-state index in [1.54, 1.807) is 0 Å². The Bertz CT molecular complexity index is 355. The van der Waals surface area contributed by atoms with Crippen molar-refractivity contribution in [2.45, 2.75) is 16.3 Å². The van der Waals surface area contributed by atoms with Crippen LogP contribution in [-0.2, 0) is 8.26 Å². The van der Waals surface area contributed by atoms with Crippen molar-refractivity contribution in [2.24, 2.45) is 0 Å². The molecule has 0 atom stereocenters. The Morgan fingerprint density at radius 2 is 0.632 bits per heavy atom. The van der Waals surface area contributed by atoms with Crippen LogP contribution in [0.5, 0.6) is 0 Å². The third kappa shape index (κ3) is 8.74. The van der Waals surface area contributed by atoms with Crippen molar-refractivity contribution in [3.05, 3.63) is 0 Å². The van der Waals surface area contributed by atoms with E-state index < -0.39 is 24.5 Å². The molecule has 0 aromatic rings. The molecule has 0 aliphatic carbocycles. The fourth-order valence-electron chi connectivity index (χ4n) is 0.356. The molecular weight excluding hydrogens is 538 g/mol. The zero-order chi connectivity index (χ0) is 16.5. The van der Waals surface area contributed by atoms with Gasteiger partial charge < -0.3 is 0 Å². The van der Waals surface area contributed by atoms with Gasteiger partial charge in [-0.15, -0.1) is 0 Å². The zero-order valence-corrected chi connectivity index (χ0v) is 17.6. The lowest BCUT2D eigenvalue weighted by molar-refractivity contribution is 0.621. The van der Waals surface area contributed by atoms with Gasteiger partial charge in [0, 0.05) is 21.4 Å². The first-order chi connectivity index (χ1) is 7.75. The fraction of sp³-hybridized carbons (Fsp3) is 1.00. The van der Waals surface area contributed by atoms with Crippen LogP contribution in [0.25, 0.3) is 0 Å². The number of alkyl halides is 10. The molecule has 0 fully saturated rings. The minimum absolute atomic E-state index is 2.23. The van der Waals surface area contributed by atoms with Crippen molar-refractivity contribution < 1.29 is 8.42 Å². The van der Waals surface area contributed by atoms with Crippen molar-refractivity contribution >= 4 is 146 Å². The van der Waals surface area contributed by atoms with Crippen LogP contribution in [0.4, 0.5) is 0 Å². The average Bonchev–Trinajstić information content (AvgIpc) is 1.95. The summed E-state index contributed by atoms with van der Waals surface area (Å²) in [5.74, 6) is 0. The minimum atomic E-state index is -3.72. The molecule has 0 aromatic carbocycles. The number of hydrogen-bond donors (Lipinski definition) is 0. The number of hydrogen-bond acceptors (Lipinski definition) is 2. The van der Waals surface area contributed by atoms with E-state index in [2.05, 4.69) is 21.4 Å². The maximum absolute atomic E-state index is 9.16. The van der Waals surface area contributed by atoms with Crippen LogP contribution in [-0.4, -0.2) is 24.7 Å². The lowest BCUT2D eigenvalue weighted by atomic mass is 10.3. The summed E-state index contributed by atoms with van der Waals surface area (Å²) in [5, 5.41) is 0. The molecule has 0 saturated carbocycles. The monoisotopic (exact) mass is 532 g/mol. The molecule has 0 spiro atoms. The first-order valence-corrected chi connectivity index (χ1v) is 10.2. The topological polar surface area (TPSA) is 34.1 Å². The summed E-state index contributed by atoms with van der Waals surface area (Å²) >= 11 is 55.2. The molecule has 0 bridgehead atoms. The molecule has 0 N–H and O–H groups in total. The summed E-state index contributed by atoms with van der Waals surface area (Å²) in [5.41, 5.74) is 0. The first-order valence-electron chi connectivity index (χ1n) is 3.28. The second-order valence-electron chi connectivity index (χ2n) is 2.52. The summed E-state index contributed by atoms with van der Waals surface area (Å²) in [6.45, 7) is 0. The van der Waals surface area contributed by atoms with Crippen molar-refractivity contribution in [1.29, 1.82) is 0 Å². The SMILES string of the molecule is ClC(Cl)(Cl)C(Cl)(Cl)C(Cl)(Cl)C(Cl)(Cl)Cl.O=S(=O)(Cl)Cl. The Labute approximate surface area is 168 Å². The van der Waals surface area contributed by atoms with Gasteiger partial charge in [0.25, 0.3) is 0 Å². The maximum Gasteiger partial charge on any atom is 0.317 e. The first kappa shape index (κ1) is 24.7. The van der Waals surface area contributed by atoms with Crippen LogP contribution >= 0.6 is 137 Å². The summed E-state index contributed by atoms with van der Waals surface area (Å²) in [6, 6.07) is 0. The zero-order valence-electron chi connectivity index (χ0n) is 7.76. The lowest BCUT2D eigenvalue weighted by Crippen LogP contribution is -2.54. The molecular formula is C4Cl12O2S. The molecule has 2 nitrogen and oxygen atoms in total. The summed E-state index contributed by atoms with van der Waals surface area (Å²) in [7, 11) is 4.81. The second kappa shape index (κ2) is 8.00. The van der Waals surface area contributed by atoms with Gasteiger partial charge in [0.1, 0.15) is 0 Å². The predicted octanol–water partition coefficient (Wildman–Crippen LogP) is 6.78. The van der Waals surface area contributed by atoms with E-state index in [1.807, 2.05) is 0 Å². The van der Waals surface area contributed by atoms with Gasteiger partial charge in [0.2, 0.25) is 16.3 Å². The van der Waals surface area contributed by atoms with Gasteiger partial charge in [-0.25, -0.2) is 0 Å². The maximum atomic E-state index is 9.16. The van der Waals surface area contributed by atoms with Gasteiger partial charge in [-0.1, -0.05) is 116 Å². The van der Waals surface area contributed by atoms with E-state index in [1.165, 1.54) is 0 Å². The van der Waals surface area contributed by atoms with Gasteiger partial charge in [-0.3, -0.25) is 0 Å². The third-order valence-electron chi connectivity index (χ3n) is 1.11. The van der Waals surface area contributed by atoms with Gasteiger partial charge in [-0.05, 0) is 0 Å². The molecule has 0 aromatic heterocycles. The van der Waals surface area contributed by atoms with Crippen LogP contribution < -0.4 is 0 Å². The van der Waals surface area contributed by atoms with Crippen LogP contribution in [0.1, 0.15) is 0 Å². The highest BCUT2D eigenvalue weighted by Gasteiger charge is 2.67. The predicted molar refractivity (Wildman–Crippen MR) is 90.1 cm³/mol. The quantitative estimate of drug-likeness (QED) is 0.273. The summed E-state index contributed by atoms with van der Waals surface area (Å²) in [6.07, 6.45) is 0. The normalized spacial score (nSPS) is 14.7. The molecule has 0 heterocycles. The highest BCUT2D eigenvalue weighted by Crippen LogP contribution is 2.63. The summed E-state index contributed by atoms with van der Waals surface area (Å²) < 4.78 is 9.25. The molecule has 0 saturated heterocycles. The Hall–Kier alpha value is 3.43. The molecule has 0 unspecified atom stereocenters. The molecule has 15 heteroatoms. The van der Waals surface area contributed by atoms with E-state index in [0.29, 0.717) is 0 Å². The van der Waals surface area contributed by atoms with Gasteiger partial charge >= 0.3 is 8.26 Å². The fourth-order valence-corrected chi connectivity index (χ4v) is 2.35. The number of halogens is 12. The van der Waals surface area contributed by atoms with E-state index in [-0.39, 0.29) is 0 Å². The van der Waals surface area contributed by atoms with Gasteiger partial charge in [-0.2, -0.15) is 8.42 Å². The Kier molecular flexibility index (Phi) is 10.4. The lowest BCUT2D eigenvalue weighted by Gasteiger charge is -2.41. The van der Waals surface area contributed by atoms with E-state index in [0.717, 1.165) is 0 Å². The average molecular weight is 538 g/mol. The standard InChI is InChI=1S/C4Cl10.Cl2O2S/c5-1(6,3(9,10)11)2(7,8)4(12,13)14;1-5(2,3)4. The van der Waals surface area contributed by atoms with Crippen molar-refractivity contribution in [3.63, 3.8) is 0 Å². The third-order valence-corrected chi connectivity index (χ3v) is 6.62. The highest BCUT2D eigenvalue weighted by molar-refractivity contribution is 8.31. The molecule has 0 rings (SSSR count). The van der Waals surface area contributed by atoms with Crippen LogP contribution in [0, 0.1) is 0 Å². The summed E-state index contributed by atoms with van der Waals surface area (Å²) in [4.78, 5) is 0. The Balaban J connectivity index is 0. The van der Waals surface area contributed by atoms with Crippen LogP contribution in [0.15, 0.2) is 0 Å². The van der Waals surface area contributed by atoms with Gasteiger partial charge in [0.15, 0.2) is 0 Å². The van der Waals surface area contributed by atoms with E-state index in [9.17, 15) is 0 Å². The molecule has 0 aliphatic heterocycles. The van der Waals surface area contributed by atoms with Crippen LogP contribution in [0.3, 0.4) is 0 Å². The Morgan fingerprint density at radius 3 is 0.684 bits per heavy atom. The Morgan fingerprint density at radius 1 is 0.526 bits per heavy atom. The van der Waals surface area contributed by atoms with Crippen molar-refractivity contribution in [2.75, 3.05) is 0 Å². The van der Waals surface area contributed by atoms with Crippen molar-refractivity contribution in [3.8, 4) is 0 Å².